The van der Waals surface area contributed by atoms with Crippen LogP contribution < -0.4 is 10.9 Å². The third kappa shape index (κ3) is 4.22. The van der Waals surface area contributed by atoms with Gasteiger partial charge in [0.25, 0.3) is 11.5 Å². The van der Waals surface area contributed by atoms with Crippen molar-refractivity contribution in [3.8, 4) is 21.8 Å². The lowest BCUT2D eigenvalue weighted by Crippen LogP contribution is -2.31. The molecule has 0 radical (unpaired) electrons. The Labute approximate surface area is 195 Å². The zero-order chi connectivity index (χ0) is 22.9. The molecule has 0 fully saturated rings. The van der Waals surface area contributed by atoms with Crippen LogP contribution in [0.15, 0.2) is 64.9 Å². The Balaban J connectivity index is 1.28. The number of hydrogen-bond acceptors (Lipinski definition) is 6. The second-order valence-electron chi connectivity index (χ2n) is 7.32. The number of aryl methyl sites for hydroxylation is 1. The monoisotopic (exact) mass is 479 g/mol. The number of amides is 1. The minimum atomic E-state index is -0.300. The topological polar surface area (TPSA) is 81.3 Å². The average molecular weight is 480 g/mol. The van der Waals surface area contributed by atoms with Gasteiger partial charge >= 0.3 is 0 Å². The normalized spacial score (nSPS) is 11.2. The third-order valence-corrected chi connectivity index (χ3v) is 7.20. The first-order valence-corrected chi connectivity index (χ1v) is 11.8. The molecule has 1 aromatic carbocycles. The van der Waals surface area contributed by atoms with E-state index in [0.29, 0.717) is 15.5 Å². The van der Waals surface area contributed by atoms with E-state index in [1.54, 1.807) is 29.5 Å². The van der Waals surface area contributed by atoms with Crippen molar-refractivity contribution >= 4 is 33.5 Å². The first-order chi connectivity index (χ1) is 16.0. The first kappa shape index (κ1) is 21.2. The maximum absolute atomic E-state index is 13.2. The fourth-order valence-corrected chi connectivity index (χ4v) is 5.16. The van der Waals surface area contributed by atoms with Crippen molar-refractivity contribution in [2.75, 3.05) is 6.54 Å². The van der Waals surface area contributed by atoms with Gasteiger partial charge in [-0.15, -0.1) is 11.3 Å². The highest BCUT2D eigenvalue weighted by Crippen LogP contribution is 2.27. The van der Waals surface area contributed by atoms with E-state index in [9.17, 15) is 14.0 Å². The average Bonchev–Trinajstić information content (AvgIpc) is 3.54. The number of hydrogen-bond donors (Lipinski definition) is 1. The SMILES string of the molecule is Cc1c(C(=O)NCCn2nc(-c3cccs3)ccc2=O)sc2nc(-c3ccc(F)cc3)cn12. The minimum Gasteiger partial charge on any atom is -0.349 e. The number of nitrogens with one attached hydrogen (secondary N) is 1. The van der Waals surface area contributed by atoms with Gasteiger partial charge in [0.15, 0.2) is 4.96 Å². The molecule has 1 amide bonds. The Hall–Kier alpha value is -3.63. The molecule has 0 aliphatic rings. The van der Waals surface area contributed by atoms with Crippen LogP contribution in [0.4, 0.5) is 4.39 Å². The van der Waals surface area contributed by atoms with Crippen LogP contribution in [-0.4, -0.2) is 31.6 Å². The van der Waals surface area contributed by atoms with Crippen molar-refractivity contribution in [3.63, 3.8) is 0 Å². The van der Waals surface area contributed by atoms with E-state index >= 15 is 0 Å². The second-order valence-corrected chi connectivity index (χ2v) is 9.24. The summed E-state index contributed by atoms with van der Waals surface area (Å²) in [5.41, 5.74) is 2.79. The summed E-state index contributed by atoms with van der Waals surface area (Å²) in [6, 6.07) is 13.2. The second kappa shape index (κ2) is 8.72. The van der Waals surface area contributed by atoms with Crippen molar-refractivity contribution < 1.29 is 9.18 Å². The molecule has 5 aromatic rings. The molecule has 0 saturated carbocycles. The molecule has 7 nitrogen and oxygen atoms in total. The number of nitrogens with zero attached hydrogens (tertiary/aromatic N) is 4. The lowest BCUT2D eigenvalue weighted by atomic mass is 10.2. The van der Waals surface area contributed by atoms with Gasteiger partial charge in [-0.3, -0.25) is 14.0 Å². The van der Waals surface area contributed by atoms with Crippen molar-refractivity contribution in [2.24, 2.45) is 0 Å². The summed E-state index contributed by atoms with van der Waals surface area (Å²) in [5, 5.41) is 9.22. The van der Waals surface area contributed by atoms with Crippen LogP contribution in [0.5, 0.6) is 0 Å². The lowest BCUT2D eigenvalue weighted by molar-refractivity contribution is 0.0955. The number of rotatable bonds is 6. The molecule has 10 heteroatoms. The number of carbonyl (C=O) groups is 1. The molecular weight excluding hydrogens is 461 g/mol. The maximum Gasteiger partial charge on any atom is 0.266 e. The van der Waals surface area contributed by atoms with E-state index in [1.165, 1.54) is 34.2 Å². The summed E-state index contributed by atoms with van der Waals surface area (Å²) in [4.78, 5) is 31.7. The van der Waals surface area contributed by atoms with Crippen molar-refractivity contribution in [1.29, 1.82) is 0 Å². The molecule has 0 aliphatic carbocycles. The number of aromatic nitrogens is 4. The number of carbonyl (C=O) groups excluding carboxylic acids is 1. The molecule has 33 heavy (non-hydrogen) atoms. The predicted molar refractivity (Wildman–Crippen MR) is 127 cm³/mol. The zero-order valence-corrected chi connectivity index (χ0v) is 19.1. The predicted octanol–water partition coefficient (Wildman–Crippen LogP) is 4.23. The Morgan fingerprint density at radius 3 is 2.67 bits per heavy atom. The highest BCUT2D eigenvalue weighted by atomic mass is 32.1. The largest absolute Gasteiger partial charge is 0.349 e. The molecule has 0 unspecified atom stereocenters. The Morgan fingerprint density at radius 2 is 1.94 bits per heavy atom. The molecule has 0 bridgehead atoms. The van der Waals surface area contributed by atoms with Crippen LogP contribution in [0.25, 0.3) is 26.8 Å². The molecule has 0 saturated heterocycles. The highest BCUT2D eigenvalue weighted by Gasteiger charge is 2.18. The molecule has 1 N–H and O–H groups in total. The lowest BCUT2D eigenvalue weighted by Gasteiger charge is -2.07. The zero-order valence-electron chi connectivity index (χ0n) is 17.5. The molecule has 4 heterocycles. The summed E-state index contributed by atoms with van der Waals surface area (Å²) < 4.78 is 16.4. The van der Waals surface area contributed by atoms with Crippen LogP contribution in [0.1, 0.15) is 15.4 Å². The van der Waals surface area contributed by atoms with E-state index in [1.807, 2.05) is 35.0 Å². The maximum atomic E-state index is 13.2. The number of halogens is 1. The first-order valence-electron chi connectivity index (χ1n) is 10.1. The Bertz CT molecular complexity index is 1500. The van der Waals surface area contributed by atoms with E-state index in [2.05, 4.69) is 15.4 Å². The van der Waals surface area contributed by atoms with Gasteiger partial charge in [-0.05, 0) is 48.7 Å². The van der Waals surface area contributed by atoms with Gasteiger partial charge in [0.1, 0.15) is 16.4 Å². The van der Waals surface area contributed by atoms with Gasteiger partial charge in [0.05, 0.1) is 17.1 Å². The summed E-state index contributed by atoms with van der Waals surface area (Å²) in [7, 11) is 0. The molecule has 166 valence electrons. The minimum absolute atomic E-state index is 0.219. The number of fused-ring (bicyclic) bond motifs is 1. The van der Waals surface area contributed by atoms with Crippen LogP contribution in [-0.2, 0) is 6.54 Å². The summed E-state index contributed by atoms with van der Waals surface area (Å²) in [6.45, 7) is 2.38. The molecule has 0 atom stereocenters. The molecule has 0 spiro atoms. The van der Waals surface area contributed by atoms with E-state index in [-0.39, 0.29) is 30.4 Å². The summed E-state index contributed by atoms with van der Waals surface area (Å²) in [5.74, 6) is -0.528. The van der Waals surface area contributed by atoms with E-state index < -0.39 is 0 Å². The fourth-order valence-electron chi connectivity index (χ4n) is 3.44. The molecular formula is C23H18FN5O2S2. The van der Waals surface area contributed by atoms with Gasteiger partial charge < -0.3 is 5.32 Å². The smallest absolute Gasteiger partial charge is 0.266 e. The summed E-state index contributed by atoms with van der Waals surface area (Å²) >= 11 is 2.83. The van der Waals surface area contributed by atoms with Crippen LogP contribution in [0.2, 0.25) is 0 Å². The van der Waals surface area contributed by atoms with Gasteiger partial charge in [-0.2, -0.15) is 5.10 Å². The quantitative estimate of drug-likeness (QED) is 0.395. The third-order valence-electron chi connectivity index (χ3n) is 5.15. The van der Waals surface area contributed by atoms with Crippen LogP contribution in [0, 0.1) is 12.7 Å². The van der Waals surface area contributed by atoms with Gasteiger partial charge in [-0.1, -0.05) is 17.4 Å². The van der Waals surface area contributed by atoms with E-state index in [0.717, 1.165) is 21.8 Å². The van der Waals surface area contributed by atoms with Crippen LogP contribution in [0.3, 0.4) is 0 Å². The molecule has 5 rings (SSSR count). The van der Waals surface area contributed by atoms with Crippen LogP contribution >= 0.6 is 22.7 Å². The standard InChI is InChI=1S/C23H18FN5O2S2/c1-14-21(33-23-26-18(13-28(14)23)15-4-6-16(24)7-5-15)22(31)25-10-11-29-20(30)9-8-17(27-29)19-3-2-12-32-19/h2-9,12-13H,10-11H2,1H3,(H,25,31). The Kier molecular flexibility index (Phi) is 5.61. The number of imidazole rings is 1. The van der Waals surface area contributed by atoms with Crippen molar-refractivity contribution in [3.05, 3.63) is 86.8 Å². The van der Waals surface area contributed by atoms with Gasteiger partial charge in [-0.25, -0.2) is 14.1 Å². The highest BCUT2D eigenvalue weighted by molar-refractivity contribution is 7.19. The number of benzene rings is 1. The molecule has 0 aliphatic heterocycles. The Morgan fingerprint density at radius 1 is 1.12 bits per heavy atom. The number of thiazole rings is 1. The molecule has 4 aromatic heterocycles. The van der Waals surface area contributed by atoms with Crippen molar-refractivity contribution in [1.82, 2.24) is 24.5 Å². The van der Waals surface area contributed by atoms with Crippen molar-refractivity contribution in [2.45, 2.75) is 13.5 Å². The van der Waals surface area contributed by atoms with Gasteiger partial charge in [0.2, 0.25) is 0 Å². The van der Waals surface area contributed by atoms with Gasteiger partial charge in [0, 0.05) is 30.1 Å². The van der Waals surface area contributed by atoms with E-state index in [4.69, 9.17) is 0 Å². The summed E-state index contributed by atoms with van der Waals surface area (Å²) in [6.07, 6.45) is 1.84. The number of thiophene rings is 1. The fraction of sp³-hybridized carbons (Fsp3) is 0.130.